The molecule has 0 radical (unpaired) electrons. The molecule has 150 valence electrons. The van der Waals surface area contributed by atoms with E-state index in [1.54, 1.807) is 0 Å². The molecule has 0 aliphatic rings. The molecule has 1 aromatic carbocycles. The fraction of sp³-hybridized carbons (Fsp3) is 0.500. The zero-order chi connectivity index (χ0) is 21.1. The first-order chi connectivity index (χ1) is 13.1. The van der Waals surface area contributed by atoms with Crippen LogP contribution in [0.4, 0.5) is 5.69 Å². The van der Waals surface area contributed by atoms with Crippen molar-refractivity contribution in [3.63, 3.8) is 0 Å². The van der Waals surface area contributed by atoms with E-state index in [0.29, 0.717) is 16.5 Å². The van der Waals surface area contributed by atoms with E-state index in [9.17, 15) is 5.26 Å². The van der Waals surface area contributed by atoms with Gasteiger partial charge in [0.25, 0.3) is 0 Å². The van der Waals surface area contributed by atoms with Gasteiger partial charge >= 0.3 is 0 Å². The van der Waals surface area contributed by atoms with Gasteiger partial charge in [-0.05, 0) is 49.9 Å². The Balaban J connectivity index is 2.37. The van der Waals surface area contributed by atoms with Crippen molar-refractivity contribution in [3.8, 4) is 16.9 Å². The fourth-order valence-corrected chi connectivity index (χ4v) is 3.38. The third-order valence-electron chi connectivity index (χ3n) is 5.42. The molecule has 1 aromatic heterocycles. The minimum absolute atomic E-state index is 0.196. The van der Waals surface area contributed by atoms with E-state index in [4.69, 9.17) is 4.74 Å². The van der Waals surface area contributed by atoms with Crippen molar-refractivity contribution in [2.24, 2.45) is 10.9 Å². The standard InChI is InChI=1S/C22H30N4OS/c1-9-26(8)13-24-18-10-16(5)19(11-15(18)4)27-21-17(12-23)20(25-28-21)22(6,7)14(2)3/h10-11,13-14H,9H2,1-8H3/b24-13-. The molecule has 5 nitrogen and oxygen atoms in total. The summed E-state index contributed by atoms with van der Waals surface area (Å²) in [4.78, 5) is 6.58. The van der Waals surface area contributed by atoms with Gasteiger partial charge in [-0.15, -0.1) is 0 Å². The monoisotopic (exact) mass is 398 g/mol. The second-order valence-corrected chi connectivity index (χ2v) is 8.74. The van der Waals surface area contributed by atoms with Crippen LogP contribution in [-0.2, 0) is 5.41 Å². The predicted octanol–water partition coefficient (Wildman–Crippen LogP) is 5.97. The molecule has 0 unspecified atom stereocenters. The zero-order valence-electron chi connectivity index (χ0n) is 18.1. The summed E-state index contributed by atoms with van der Waals surface area (Å²) in [6, 6.07) is 6.29. The zero-order valence-corrected chi connectivity index (χ0v) is 18.9. The minimum Gasteiger partial charge on any atom is -0.443 e. The van der Waals surface area contributed by atoms with Crippen LogP contribution in [0.2, 0.25) is 0 Å². The van der Waals surface area contributed by atoms with Gasteiger partial charge in [0.1, 0.15) is 17.4 Å². The number of nitriles is 1. The Morgan fingerprint density at radius 2 is 2.00 bits per heavy atom. The Morgan fingerprint density at radius 3 is 2.57 bits per heavy atom. The van der Waals surface area contributed by atoms with Gasteiger partial charge in [-0.1, -0.05) is 27.7 Å². The van der Waals surface area contributed by atoms with E-state index in [1.807, 2.05) is 44.3 Å². The van der Waals surface area contributed by atoms with Crippen LogP contribution in [-0.4, -0.2) is 29.2 Å². The lowest BCUT2D eigenvalue weighted by Crippen LogP contribution is -2.25. The Hall–Kier alpha value is -2.39. The highest BCUT2D eigenvalue weighted by Crippen LogP contribution is 2.41. The number of aryl methyl sites for hydroxylation is 2. The van der Waals surface area contributed by atoms with Gasteiger partial charge in [0, 0.05) is 30.5 Å². The largest absolute Gasteiger partial charge is 0.443 e. The van der Waals surface area contributed by atoms with E-state index in [0.717, 1.165) is 34.8 Å². The molecule has 0 atom stereocenters. The van der Waals surface area contributed by atoms with Gasteiger partial charge in [-0.25, -0.2) is 4.99 Å². The molecule has 2 aromatic rings. The number of hydrogen-bond acceptors (Lipinski definition) is 5. The smallest absolute Gasteiger partial charge is 0.218 e. The maximum absolute atomic E-state index is 9.74. The molecule has 0 bridgehead atoms. The van der Waals surface area contributed by atoms with Gasteiger partial charge in [-0.2, -0.15) is 9.64 Å². The maximum Gasteiger partial charge on any atom is 0.218 e. The van der Waals surface area contributed by atoms with Crippen LogP contribution in [0, 0.1) is 31.1 Å². The number of ether oxygens (including phenoxy) is 1. The molecular weight excluding hydrogens is 368 g/mol. The second kappa shape index (κ2) is 8.74. The second-order valence-electron chi connectivity index (χ2n) is 8.01. The lowest BCUT2D eigenvalue weighted by molar-refractivity contribution is 0.363. The van der Waals surface area contributed by atoms with Gasteiger partial charge in [0.05, 0.1) is 17.7 Å². The number of aliphatic imine (C=N–C) groups is 1. The fourth-order valence-electron chi connectivity index (χ4n) is 2.52. The van der Waals surface area contributed by atoms with Crippen molar-refractivity contribution in [3.05, 3.63) is 34.5 Å². The molecule has 1 heterocycles. The number of benzene rings is 1. The SMILES string of the molecule is CCN(C)/C=N\c1cc(C)c(Oc2snc(C(C)(C)C(C)C)c2C#N)cc1C. The Labute approximate surface area is 172 Å². The van der Waals surface area contributed by atoms with Gasteiger partial charge in [0.2, 0.25) is 5.06 Å². The normalized spacial score (nSPS) is 11.9. The number of hydrogen-bond donors (Lipinski definition) is 0. The van der Waals surface area contributed by atoms with Crippen LogP contribution in [0.5, 0.6) is 10.8 Å². The number of rotatable bonds is 7. The minimum atomic E-state index is -0.196. The lowest BCUT2D eigenvalue weighted by Gasteiger charge is -2.27. The topological polar surface area (TPSA) is 61.5 Å². The average molecular weight is 399 g/mol. The van der Waals surface area contributed by atoms with E-state index in [1.165, 1.54) is 11.5 Å². The molecule has 0 saturated carbocycles. The molecule has 0 fully saturated rings. The predicted molar refractivity (Wildman–Crippen MR) is 117 cm³/mol. The van der Waals surface area contributed by atoms with Crippen LogP contribution in [0.1, 0.15) is 57.0 Å². The molecular formula is C22H30N4OS. The summed E-state index contributed by atoms with van der Waals surface area (Å²) in [6.45, 7) is 15.5. The number of aromatic nitrogens is 1. The third-order valence-corrected chi connectivity index (χ3v) is 6.14. The molecule has 0 saturated heterocycles. The Morgan fingerprint density at radius 1 is 1.32 bits per heavy atom. The average Bonchev–Trinajstić information content (AvgIpc) is 3.06. The Kier molecular flexibility index (Phi) is 6.84. The Bertz CT molecular complexity index is 906. The molecule has 0 spiro atoms. The van der Waals surface area contributed by atoms with Crippen molar-refractivity contribution in [1.29, 1.82) is 5.26 Å². The van der Waals surface area contributed by atoms with E-state index in [2.05, 4.69) is 50.1 Å². The summed E-state index contributed by atoms with van der Waals surface area (Å²) < 4.78 is 10.7. The van der Waals surface area contributed by atoms with Crippen LogP contribution in [0.3, 0.4) is 0 Å². The van der Waals surface area contributed by atoms with Crippen LogP contribution >= 0.6 is 11.5 Å². The number of nitrogens with zero attached hydrogens (tertiary/aromatic N) is 4. The molecule has 0 amide bonds. The molecule has 0 aliphatic carbocycles. The molecule has 0 aliphatic heterocycles. The molecule has 0 N–H and O–H groups in total. The van der Waals surface area contributed by atoms with Crippen LogP contribution < -0.4 is 4.74 Å². The van der Waals surface area contributed by atoms with Gasteiger partial charge < -0.3 is 9.64 Å². The van der Waals surface area contributed by atoms with Gasteiger partial charge in [-0.3, -0.25) is 0 Å². The summed E-state index contributed by atoms with van der Waals surface area (Å²) in [5, 5.41) is 10.3. The lowest BCUT2D eigenvalue weighted by atomic mass is 9.77. The third kappa shape index (κ3) is 4.53. The van der Waals surface area contributed by atoms with Crippen molar-refractivity contribution in [1.82, 2.24) is 9.27 Å². The molecule has 28 heavy (non-hydrogen) atoms. The van der Waals surface area contributed by atoms with Gasteiger partial charge in [0.15, 0.2) is 0 Å². The van der Waals surface area contributed by atoms with E-state index >= 15 is 0 Å². The summed E-state index contributed by atoms with van der Waals surface area (Å²) in [6.07, 6.45) is 1.83. The van der Waals surface area contributed by atoms with E-state index < -0.39 is 0 Å². The highest BCUT2D eigenvalue weighted by molar-refractivity contribution is 7.08. The summed E-state index contributed by atoms with van der Waals surface area (Å²) in [7, 11) is 1.99. The van der Waals surface area contributed by atoms with E-state index in [-0.39, 0.29) is 5.41 Å². The summed E-state index contributed by atoms with van der Waals surface area (Å²) in [5.41, 5.74) is 4.05. The first-order valence-corrected chi connectivity index (χ1v) is 10.3. The first kappa shape index (κ1) is 21.9. The van der Waals surface area contributed by atoms with Crippen LogP contribution in [0.25, 0.3) is 0 Å². The highest BCUT2D eigenvalue weighted by Gasteiger charge is 2.32. The van der Waals surface area contributed by atoms with Crippen molar-refractivity contribution < 1.29 is 4.74 Å². The summed E-state index contributed by atoms with van der Waals surface area (Å²) >= 11 is 1.24. The quantitative estimate of drug-likeness (QED) is 0.426. The molecule has 6 heteroatoms. The van der Waals surface area contributed by atoms with Crippen molar-refractivity contribution in [2.45, 2.75) is 53.9 Å². The summed E-state index contributed by atoms with van der Waals surface area (Å²) in [5.74, 6) is 1.09. The van der Waals surface area contributed by atoms with Crippen molar-refractivity contribution >= 4 is 23.6 Å². The van der Waals surface area contributed by atoms with Crippen LogP contribution in [0.15, 0.2) is 17.1 Å². The highest BCUT2D eigenvalue weighted by atomic mass is 32.1. The van der Waals surface area contributed by atoms with Crippen molar-refractivity contribution in [2.75, 3.05) is 13.6 Å². The first-order valence-electron chi connectivity index (χ1n) is 9.55. The molecule has 2 rings (SSSR count). The maximum atomic E-state index is 9.74.